The minimum atomic E-state index is -0.370. The summed E-state index contributed by atoms with van der Waals surface area (Å²) < 4.78 is 0. The van der Waals surface area contributed by atoms with Crippen LogP contribution in [0.4, 0.5) is 0 Å². The highest BCUT2D eigenvalue weighted by Gasteiger charge is 2.11. The molecule has 1 amide bonds. The van der Waals surface area contributed by atoms with Gasteiger partial charge in [-0.25, -0.2) is 10.8 Å². The Morgan fingerprint density at radius 2 is 2.05 bits per heavy atom. The number of hydrazine groups is 1. The number of aromatic hydroxyl groups is 1. The third-order valence-electron chi connectivity index (χ3n) is 3.03. The second-order valence-corrected chi connectivity index (χ2v) is 4.31. The lowest BCUT2D eigenvalue weighted by Gasteiger charge is -1.99. The summed E-state index contributed by atoms with van der Waals surface area (Å²) in [6, 6.07) is 11.9. The molecule has 6 nitrogen and oxygen atoms in total. The molecule has 5 N–H and O–H groups in total. The van der Waals surface area contributed by atoms with Gasteiger partial charge >= 0.3 is 0 Å². The average Bonchev–Trinajstić information content (AvgIpc) is 2.89. The molecule has 1 aromatic heterocycles. The van der Waals surface area contributed by atoms with Crippen molar-refractivity contribution in [2.75, 3.05) is 0 Å². The van der Waals surface area contributed by atoms with Gasteiger partial charge in [0.25, 0.3) is 5.91 Å². The van der Waals surface area contributed by atoms with E-state index in [1.54, 1.807) is 36.4 Å². The molecule has 100 valence electrons. The fourth-order valence-corrected chi connectivity index (χ4v) is 2.04. The van der Waals surface area contributed by atoms with Gasteiger partial charge in [-0.1, -0.05) is 12.1 Å². The van der Waals surface area contributed by atoms with Crippen LogP contribution in [0.15, 0.2) is 42.5 Å². The molecular formula is C14H12N4O2. The molecule has 0 saturated heterocycles. The Kier molecular flexibility index (Phi) is 2.85. The molecule has 3 aromatic rings. The van der Waals surface area contributed by atoms with E-state index in [2.05, 4.69) is 15.4 Å². The van der Waals surface area contributed by atoms with E-state index in [1.165, 1.54) is 0 Å². The Morgan fingerprint density at radius 3 is 2.80 bits per heavy atom. The van der Waals surface area contributed by atoms with Crippen molar-refractivity contribution in [3.05, 3.63) is 48.0 Å². The number of benzene rings is 2. The minimum Gasteiger partial charge on any atom is -0.507 e. The number of rotatable bonds is 2. The molecule has 0 atom stereocenters. The van der Waals surface area contributed by atoms with Gasteiger partial charge < -0.3 is 10.1 Å². The zero-order chi connectivity index (χ0) is 14.1. The van der Waals surface area contributed by atoms with Crippen molar-refractivity contribution in [3.63, 3.8) is 0 Å². The molecule has 0 aliphatic rings. The van der Waals surface area contributed by atoms with Crippen molar-refractivity contribution < 1.29 is 9.90 Å². The minimum absolute atomic E-state index is 0.145. The highest BCUT2D eigenvalue weighted by Crippen LogP contribution is 2.28. The molecule has 0 bridgehead atoms. The zero-order valence-corrected chi connectivity index (χ0v) is 10.4. The Bertz CT molecular complexity index is 795. The van der Waals surface area contributed by atoms with Crippen molar-refractivity contribution in [2.45, 2.75) is 0 Å². The lowest BCUT2D eigenvalue weighted by Crippen LogP contribution is -2.29. The number of nitrogen functional groups attached to an aromatic ring is 1. The summed E-state index contributed by atoms with van der Waals surface area (Å²) in [5.74, 6) is 5.43. The number of nitrogens with two attached hydrogens (primary N) is 1. The predicted molar refractivity (Wildman–Crippen MR) is 74.8 cm³/mol. The standard InChI is InChI=1S/C14H12N4O2/c15-18-14(20)8-5-6-10-11(7-8)17-13(16-10)9-3-1-2-4-12(9)19/h1-7,19H,15H2,(H,16,17)(H,18,20). The normalized spacial score (nSPS) is 10.7. The second kappa shape index (κ2) is 4.67. The largest absolute Gasteiger partial charge is 0.507 e. The van der Waals surface area contributed by atoms with Crippen LogP contribution in [0.2, 0.25) is 0 Å². The van der Waals surface area contributed by atoms with Crippen LogP contribution in [0.1, 0.15) is 10.4 Å². The topological polar surface area (TPSA) is 104 Å². The van der Waals surface area contributed by atoms with Crippen LogP contribution in [-0.4, -0.2) is 21.0 Å². The number of nitrogens with zero attached hydrogens (tertiary/aromatic N) is 1. The smallest absolute Gasteiger partial charge is 0.265 e. The van der Waals surface area contributed by atoms with Crippen LogP contribution in [-0.2, 0) is 0 Å². The summed E-state index contributed by atoms with van der Waals surface area (Å²) in [4.78, 5) is 18.9. The van der Waals surface area contributed by atoms with E-state index >= 15 is 0 Å². The van der Waals surface area contributed by atoms with Gasteiger partial charge in [-0.05, 0) is 30.3 Å². The molecule has 0 saturated carbocycles. The Morgan fingerprint density at radius 1 is 1.25 bits per heavy atom. The highest BCUT2D eigenvalue weighted by atomic mass is 16.3. The van der Waals surface area contributed by atoms with E-state index in [-0.39, 0.29) is 11.7 Å². The number of carbonyl (C=O) groups is 1. The van der Waals surface area contributed by atoms with Crippen molar-refractivity contribution in [1.29, 1.82) is 0 Å². The third-order valence-corrected chi connectivity index (χ3v) is 3.03. The summed E-state index contributed by atoms with van der Waals surface area (Å²) in [6.45, 7) is 0. The van der Waals surface area contributed by atoms with Gasteiger partial charge in [-0.15, -0.1) is 0 Å². The maximum Gasteiger partial charge on any atom is 0.265 e. The van der Waals surface area contributed by atoms with Crippen LogP contribution in [0.5, 0.6) is 5.75 Å². The predicted octanol–water partition coefficient (Wildman–Crippen LogP) is 1.54. The third kappa shape index (κ3) is 1.98. The first-order valence-corrected chi connectivity index (χ1v) is 5.98. The summed E-state index contributed by atoms with van der Waals surface area (Å²) in [5.41, 5.74) is 4.53. The SMILES string of the molecule is NNC(=O)c1ccc2nc(-c3ccccc3O)[nH]c2c1. The van der Waals surface area contributed by atoms with E-state index in [4.69, 9.17) is 5.84 Å². The van der Waals surface area contributed by atoms with Crippen molar-refractivity contribution in [2.24, 2.45) is 5.84 Å². The molecule has 2 aromatic carbocycles. The van der Waals surface area contributed by atoms with Crippen molar-refractivity contribution in [1.82, 2.24) is 15.4 Å². The zero-order valence-electron chi connectivity index (χ0n) is 10.4. The number of hydrogen-bond acceptors (Lipinski definition) is 4. The van der Waals surface area contributed by atoms with E-state index < -0.39 is 0 Å². The Balaban J connectivity index is 2.12. The lowest BCUT2D eigenvalue weighted by molar-refractivity contribution is 0.0954. The number of amides is 1. The number of carbonyl (C=O) groups excluding carboxylic acids is 1. The Hall–Kier alpha value is -2.86. The van der Waals surface area contributed by atoms with Crippen molar-refractivity contribution in [3.8, 4) is 17.1 Å². The molecule has 0 unspecified atom stereocenters. The first-order valence-electron chi connectivity index (χ1n) is 5.98. The monoisotopic (exact) mass is 268 g/mol. The maximum atomic E-state index is 11.5. The molecule has 3 rings (SSSR count). The molecule has 1 heterocycles. The fourth-order valence-electron chi connectivity index (χ4n) is 2.04. The van der Waals surface area contributed by atoms with E-state index in [0.717, 1.165) is 0 Å². The van der Waals surface area contributed by atoms with E-state index in [1.807, 2.05) is 6.07 Å². The average molecular weight is 268 g/mol. The van der Waals surface area contributed by atoms with Gasteiger partial charge in [-0.2, -0.15) is 0 Å². The molecule has 0 radical (unpaired) electrons. The lowest BCUT2D eigenvalue weighted by atomic mass is 10.2. The van der Waals surface area contributed by atoms with Crippen LogP contribution in [0, 0.1) is 0 Å². The first-order chi connectivity index (χ1) is 9.69. The molecule has 0 fully saturated rings. The van der Waals surface area contributed by atoms with Gasteiger partial charge in [0, 0.05) is 5.56 Å². The number of phenolic OH excluding ortho intramolecular Hbond substituents is 1. The quantitative estimate of drug-likeness (QED) is 0.321. The number of nitrogens with one attached hydrogen (secondary N) is 2. The molecule has 0 aliphatic heterocycles. The van der Waals surface area contributed by atoms with Gasteiger partial charge in [0.1, 0.15) is 11.6 Å². The summed E-state index contributed by atoms with van der Waals surface area (Å²) >= 11 is 0. The van der Waals surface area contributed by atoms with Gasteiger partial charge in [0.05, 0.1) is 16.6 Å². The molecule has 6 heteroatoms. The second-order valence-electron chi connectivity index (χ2n) is 4.31. The molecule has 0 spiro atoms. The number of phenols is 1. The molecule has 0 aliphatic carbocycles. The Labute approximate surface area is 114 Å². The van der Waals surface area contributed by atoms with Crippen LogP contribution >= 0.6 is 0 Å². The fraction of sp³-hybridized carbons (Fsp3) is 0. The van der Waals surface area contributed by atoms with E-state index in [0.29, 0.717) is 28.0 Å². The summed E-state index contributed by atoms with van der Waals surface area (Å²) in [5, 5.41) is 9.83. The van der Waals surface area contributed by atoms with Gasteiger partial charge in [-0.3, -0.25) is 10.2 Å². The van der Waals surface area contributed by atoms with Gasteiger partial charge in [0.15, 0.2) is 0 Å². The van der Waals surface area contributed by atoms with Crippen LogP contribution < -0.4 is 11.3 Å². The maximum absolute atomic E-state index is 11.5. The number of fused-ring (bicyclic) bond motifs is 1. The van der Waals surface area contributed by atoms with E-state index in [9.17, 15) is 9.90 Å². The number of H-pyrrole nitrogens is 1. The molecule has 20 heavy (non-hydrogen) atoms. The van der Waals surface area contributed by atoms with Crippen LogP contribution in [0.25, 0.3) is 22.4 Å². The summed E-state index contributed by atoms with van der Waals surface area (Å²) in [6.07, 6.45) is 0. The number of hydrogen-bond donors (Lipinski definition) is 4. The van der Waals surface area contributed by atoms with Gasteiger partial charge in [0.2, 0.25) is 0 Å². The van der Waals surface area contributed by atoms with Crippen LogP contribution in [0.3, 0.4) is 0 Å². The first kappa shape index (κ1) is 12.2. The number of aromatic nitrogens is 2. The highest BCUT2D eigenvalue weighted by molar-refractivity contribution is 5.97. The number of para-hydroxylation sites is 1. The number of imidazole rings is 1. The van der Waals surface area contributed by atoms with Crippen molar-refractivity contribution >= 4 is 16.9 Å². The molecular weight excluding hydrogens is 256 g/mol. The number of aromatic amines is 1. The summed E-state index contributed by atoms with van der Waals surface area (Å²) in [7, 11) is 0.